The van der Waals surface area contributed by atoms with Crippen molar-refractivity contribution in [1.29, 1.82) is 0 Å². The van der Waals surface area contributed by atoms with E-state index in [0.717, 1.165) is 11.8 Å². The topological polar surface area (TPSA) is 96.4 Å². The number of sulfonamides is 1. The molecule has 1 aromatic carbocycles. The number of carbonyl (C=O) groups is 1. The van der Waals surface area contributed by atoms with Crippen molar-refractivity contribution in [2.45, 2.75) is 25.3 Å². The Bertz CT molecular complexity index is 781. The van der Waals surface area contributed by atoms with E-state index < -0.39 is 16.0 Å². The number of nitrogens with zero attached hydrogens (tertiary/aromatic N) is 1. The van der Waals surface area contributed by atoms with Crippen molar-refractivity contribution in [3.05, 3.63) is 45.4 Å². The van der Waals surface area contributed by atoms with E-state index in [-0.39, 0.29) is 17.0 Å². The maximum atomic E-state index is 12.3. The normalized spacial score (nSPS) is 11.5. The van der Waals surface area contributed by atoms with Gasteiger partial charge < -0.3 is 5.11 Å². The quantitative estimate of drug-likeness (QED) is 0.875. The second-order valence-corrected chi connectivity index (χ2v) is 7.17. The first-order valence-electron chi connectivity index (χ1n) is 6.04. The number of carboxylic acid groups (broad SMARTS) is 1. The highest BCUT2D eigenvalue weighted by atomic mass is 32.2. The van der Waals surface area contributed by atoms with Gasteiger partial charge in [0, 0.05) is 11.1 Å². The molecular formula is C13H14N2O4S2. The number of nitrogens with one attached hydrogen (secondary N) is 1. The van der Waals surface area contributed by atoms with E-state index in [0.29, 0.717) is 10.6 Å². The van der Waals surface area contributed by atoms with Crippen LogP contribution in [-0.2, 0) is 16.6 Å². The van der Waals surface area contributed by atoms with Crippen LogP contribution in [-0.4, -0.2) is 24.5 Å². The van der Waals surface area contributed by atoms with E-state index in [1.165, 1.54) is 23.5 Å². The SMILES string of the molecule is Cc1csc(CNS(=O)(=O)c2cc(C(=O)O)ccc2C)n1. The third kappa shape index (κ3) is 3.66. The first kappa shape index (κ1) is 15.6. The van der Waals surface area contributed by atoms with Gasteiger partial charge in [-0.2, -0.15) is 0 Å². The number of aromatic carboxylic acids is 1. The molecule has 0 bridgehead atoms. The molecule has 0 aliphatic carbocycles. The summed E-state index contributed by atoms with van der Waals surface area (Å²) < 4.78 is 27.0. The van der Waals surface area contributed by atoms with Crippen LogP contribution >= 0.6 is 11.3 Å². The molecule has 0 aliphatic rings. The number of rotatable bonds is 5. The Morgan fingerprint density at radius 1 is 1.38 bits per heavy atom. The number of hydrogen-bond donors (Lipinski definition) is 2. The van der Waals surface area contributed by atoms with Crippen LogP contribution in [0.15, 0.2) is 28.5 Å². The van der Waals surface area contributed by atoms with Crippen LogP contribution in [0.1, 0.15) is 26.6 Å². The molecule has 1 heterocycles. The fraction of sp³-hybridized carbons (Fsp3) is 0.231. The Labute approximate surface area is 126 Å². The predicted molar refractivity (Wildman–Crippen MR) is 79.0 cm³/mol. The lowest BCUT2D eigenvalue weighted by molar-refractivity contribution is 0.0696. The average Bonchev–Trinajstić information content (AvgIpc) is 2.82. The summed E-state index contributed by atoms with van der Waals surface area (Å²) in [7, 11) is -3.78. The highest BCUT2D eigenvalue weighted by molar-refractivity contribution is 7.89. The standard InChI is InChI=1S/C13H14N2O4S2/c1-8-3-4-10(13(16)17)5-11(8)21(18,19)14-6-12-15-9(2)7-20-12/h3-5,7,14H,6H2,1-2H3,(H,16,17). The molecule has 0 spiro atoms. The van der Waals surface area contributed by atoms with Crippen LogP contribution in [0, 0.1) is 13.8 Å². The Morgan fingerprint density at radius 3 is 2.67 bits per heavy atom. The van der Waals surface area contributed by atoms with Crippen LogP contribution < -0.4 is 4.72 Å². The van der Waals surface area contributed by atoms with Gasteiger partial charge in [0.1, 0.15) is 5.01 Å². The maximum absolute atomic E-state index is 12.3. The summed E-state index contributed by atoms with van der Waals surface area (Å²) in [5.74, 6) is -1.16. The molecule has 0 atom stereocenters. The Hall–Kier alpha value is -1.77. The van der Waals surface area contributed by atoms with Gasteiger partial charge in [0.15, 0.2) is 0 Å². The summed E-state index contributed by atoms with van der Waals surface area (Å²) >= 11 is 1.37. The summed E-state index contributed by atoms with van der Waals surface area (Å²) in [6, 6.07) is 4.01. The van der Waals surface area contributed by atoms with Crippen molar-refractivity contribution in [3.63, 3.8) is 0 Å². The molecule has 2 aromatic rings. The minimum absolute atomic E-state index is 0.0318. The van der Waals surface area contributed by atoms with Crippen LogP contribution in [0.25, 0.3) is 0 Å². The molecule has 0 radical (unpaired) electrons. The van der Waals surface area contributed by atoms with E-state index in [9.17, 15) is 13.2 Å². The Balaban J connectivity index is 2.26. The molecule has 0 saturated carbocycles. The van der Waals surface area contributed by atoms with Crippen molar-refractivity contribution >= 4 is 27.3 Å². The maximum Gasteiger partial charge on any atom is 0.335 e. The number of thiazole rings is 1. The van der Waals surface area contributed by atoms with Gasteiger partial charge in [-0.3, -0.25) is 0 Å². The summed E-state index contributed by atoms with van der Waals surface area (Å²) in [6.07, 6.45) is 0. The van der Waals surface area contributed by atoms with Crippen LogP contribution in [0.2, 0.25) is 0 Å². The van der Waals surface area contributed by atoms with E-state index in [1.54, 1.807) is 6.92 Å². The zero-order chi connectivity index (χ0) is 15.6. The molecule has 0 amide bonds. The number of benzene rings is 1. The highest BCUT2D eigenvalue weighted by Crippen LogP contribution is 2.18. The van der Waals surface area contributed by atoms with Crippen molar-refractivity contribution in [2.24, 2.45) is 0 Å². The molecule has 0 fully saturated rings. The van der Waals surface area contributed by atoms with Gasteiger partial charge in [-0.1, -0.05) is 6.07 Å². The molecule has 0 saturated heterocycles. The van der Waals surface area contributed by atoms with Crippen LogP contribution in [0.3, 0.4) is 0 Å². The van der Waals surface area contributed by atoms with Gasteiger partial charge >= 0.3 is 5.97 Å². The Kier molecular flexibility index (Phi) is 4.40. The number of aryl methyl sites for hydroxylation is 2. The summed E-state index contributed by atoms with van der Waals surface area (Å²) in [6.45, 7) is 3.53. The second kappa shape index (κ2) is 5.92. The van der Waals surface area contributed by atoms with Crippen LogP contribution in [0.4, 0.5) is 0 Å². The first-order chi connectivity index (χ1) is 9.79. The summed E-state index contributed by atoms with van der Waals surface area (Å²) in [4.78, 5) is 15.1. The van der Waals surface area contributed by atoms with E-state index in [2.05, 4.69) is 9.71 Å². The third-order valence-corrected chi connectivity index (χ3v) is 5.31. The fourth-order valence-electron chi connectivity index (χ4n) is 1.74. The van der Waals surface area contributed by atoms with Crippen molar-refractivity contribution < 1.29 is 18.3 Å². The second-order valence-electron chi connectivity index (χ2n) is 4.49. The smallest absolute Gasteiger partial charge is 0.335 e. The van der Waals surface area contributed by atoms with Crippen molar-refractivity contribution in [2.75, 3.05) is 0 Å². The van der Waals surface area contributed by atoms with E-state index >= 15 is 0 Å². The summed E-state index contributed by atoms with van der Waals surface area (Å²) in [5.41, 5.74) is 1.26. The number of aromatic nitrogens is 1. The zero-order valence-electron chi connectivity index (χ0n) is 11.5. The molecule has 8 heteroatoms. The molecule has 2 rings (SSSR count). The monoisotopic (exact) mass is 326 g/mol. The molecule has 0 unspecified atom stereocenters. The lowest BCUT2D eigenvalue weighted by Gasteiger charge is -2.09. The molecule has 2 N–H and O–H groups in total. The molecule has 112 valence electrons. The van der Waals surface area contributed by atoms with E-state index in [1.807, 2.05) is 12.3 Å². The highest BCUT2D eigenvalue weighted by Gasteiger charge is 2.19. The lowest BCUT2D eigenvalue weighted by atomic mass is 10.1. The predicted octanol–water partition coefficient (Wildman–Crippen LogP) is 1.94. The van der Waals surface area contributed by atoms with Gasteiger partial charge in [0.05, 0.1) is 17.0 Å². The molecular weight excluding hydrogens is 312 g/mol. The molecule has 6 nitrogen and oxygen atoms in total. The van der Waals surface area contributed by atoms with Gasteiger partial charge in [0.25, 0.3) is 0 Å². The fourth-order valence-corrected chi connectivity index (χ4v) is 3.80. The minimum Gasteiger partial charge on any atom is -0.478 e. The largest absolute Gasteiger partial charge is 0.478 e. The minimum atomic E-state index is -3.78. The van der Waals surface area contributed by atoms with Gasteiger partial charge in [-0.25, -0.2) is 22.9 Å². The molecule has 21 heavy (non-hydrogen) atoms. The van der Waals surface area contributed by atoms with Crippen molar-refractivity contribution in [1.82, 2.24) is 9.71 Å². The number of carboxylic acids is 1. The van der Waals surface area contributed by atoms with Crippen molar-refractivity contribution in [3.8, 4) is 0 Å². The van der Waals surface area contributed by atoms with Crippen LogP contribution in [0.5, 0.6) is 0 Å². The van der Waals surface area contributed by atoms with Gasteiger partial charge in [-0.15, -0.1) is 11.3 Å². The van der Waals surface area contributed by atoms with Gasteiger partial charge in [0.2, 0.25) is 10.0 Å². The third-order valence-electron chi connectivity index (χ3n) is 2.80. The Morgan fingerprint density at radius 2 is 2.10 bits per heavy atom. The van der Waals surface area contributed by atoms with Gasteiger partial charge in [-0.05, 0) is 31.5 Å². The lowest BCUT2D eigenvalue weighted by Crippen LogP contribution is -2.24. The first-order valence-corrected chi connectivity index (χ1v) is 8.40. The molecule has 1 aromatic heterocycles. The average molecular weight is 326 g/mol. The number of hydrogen-bond acceptors (Lipinski definition) is 5. The molecule has 0 aliphatic heterocycles. The van der Waals surface area contributed by atoms with E-state index in [4.69, 9.17) is 5.11 Å². The summed E-state index contributed by atoms with van der Waals surface area (Å²) in [5, 5.41) is 11.4. The zero-order valence-corrected chi connectivity index (χ0v) is 13.1.